The molecule has 0 bridgehead atoms. The number of para-hydroxylation sites is 1. The minimum atomic E-state index is -0.733. The number of aryl methyl sites for hydroxylation is 1. The second-order valence-corrected chi connectivity index (χ2v) is 3.26. The molecule has 0 aliphatic heterocycles. The highest BCUT2D eigenvalue weighted by Crippen LogP contribution is 2.12. The summed E-state index contributed by atoms with van der Waals surface area (Å²) in [7, 11) is 0. The molecule has 0 fully saturated rings. The Balaban J connectivity index is 2.78. The molecule has 0 unspecified atom stereocenters. The number of nitrogens with one attached hydrogen (secondary N) is 1. The van der Waals surface area contributed by atoms with Crippen molar-refractivity contribution < 1.29 is 14.3 Å². The smallest absolute Gasteiger partial charge is 0.362 e. The van der Waals surface area contributed by atoms with Crippen LogP contribution in [0.15, 0.2) is 29.4 Å². The van der Waals surface area contributed by atoms with Gasteiger partial charge in [-0.2, -0.15) is 5.10 Å². The van der Waals surface area contributed by atoms with Crippen LogP contribution in [0.1, 0.15) is 12.5 Å². The summed E-state index contributed by atoms with van der Waals surface area (Å²) in [5, 5.41) is 3.72. The molecule has 90 valence electrons. The molecule has 0 radical (unpaired) electrons. The van der Waals surface area contributed by atoms with E-state index in [1.54, 1.807) is 13.0 Å². The van der Waals surface area contributed by atoms with Gasteiger partial charge < -0.3 is 4.74 Å². The number of benzene rings is 1. The van der Waals surface area contributed by atoms with Gasteiger partial charge in [0.25, 0.3) is 0 Å². The van der Waals surface area contributed by atoms with Crippen molar-refractivity contribution in [3.63, 3.8) is 0 Å². The van der Waals surface area contributed by atoms with Gasteiger partial charge in [-0.15, -0.1) is 0 Å². The van der Waals surface area contributed by atoms with Crippen molar-refractivity contribution in [1.82, 2.24) is 0 Å². The molecule has 0 saturated carbocycles. The number of hydrogen-bond donors (Lipinski definition) is 1. The quantitative estimate of drug-likeness (QED) is 0.276. The Labute approximate surface area is 99.5 Å². The van der Waals surface area contributed by atoms with Crippen molar-refractivity contribution in [2.75, 3.05) is 12.0 Å². The lowest BCUT2D eigenvalue weighted by Crippen LogP contribution is -2.20. The molecule has 5 nitrogen and oxygen atoms in total. The van der Waals surface area contributed by atoms with Crippen molar-refractivity contribution in [2.24, 2.45) is 5.10 Å². The number of carbonyl (C=O) groups is 2. The average Bonchev–Trinajstić information content (AvgIpc) is 2.32. The molecule has 0 atom stereocenters. The molecule has 5 heteroatoms. The van der Waals surface area contributed by atoms with Gasteiger partial charge in [0.2, 0.25) is 5.71 Å². The number of aldehydes is 1. The normalized spacial score (nSPS) is 10.8. The zero-order valence-corrected chi connectivity index (χ0v) is 9.77. The summed E-state index contributed by atoms with van der Waals surface area (Å²) in [6, 6.07) is 7.40. The summed E-state index contributed by atoms with van der Waals surface area (Å²) < 4.78 is 4.67. The second kappa shape index (κ2) is 6.42. The van der Waals surface area contributed by atoms with E-state index in [-0.39, 0.29) is 12.3 Å². The number of esters is 1. The molecule has 0 heterocycles. The van der Waals surface area contributed by atoms with Crippen LogP contribution in [0.4, 0.5) is 5.69 Å². The zero-order valence-electron chi connectivity index (χ0n) is 9.77. The first-order chi connectivity index (χ1) is 8.19. The monoisotopic (exact) mass is 234 g/mol. The summed E-state index contributed by atoms with van der Waals surface area (Å²) in [5.74, 6) is -0.733. The van der Waals surface area contributed by atoms with Crippen LogP contribution in [-0.4, -0.2) is 24.6 Å². The Morgan fingerprint density at radius 3 is 2.76 bits per heavy atom. The number of carbonyl (C=O) groups excluding carboxylic acids is 2. The molecule has 0 amide bonds. The maximum absolute atomic E-state index is 11.3. The van der Waals surface area contributed by atoms with Crippen LogP contribution < -0.4 is 5.43 Å². The third-order valence-electron chi connectivity index (χ3n) is 2.04. The topological polar surface area (TPSA) is 67.8 Å². The minimum absolute atomic E-state index is 0.204. The van der Waals surface area contributed by atoms with E-state index in [0.717, 1.165) is 11.3 Å². The number of nitrogens with zero attached hydrogens (tertiary/aromatic N) is 1. The number of anilines is 1. The fourth-order valence-electron chi connectivity index (χ4n) is 1.14. The van der Waals surface area contributed by atoms with Crippen molar-refractivity contribution >= 4 is 23.7 Å². The van der Waals surface area contributed by atoms with E-state index in [9.17, 15) is 9.59 Å². The summed E-state index contributed by atoms with van der Waals surface area (Å²) in [6.07, 6.45) is 0.364. The maximum atomic E-state index is 11.3. The Morgan fingerprint density at radius 1 is 1.47 bits per heavy atom. The van der Waals surface area contributed by atoms with Crippen molar-refractivity contribution in [2.45, 2.75) is 13.8 Å². The molecular weight excluding hydrogens is 220 g/mol. The van der Waals surface area contributed by atoms with Crippen LogP contribution in [0.3, 0.4) is 0 Å². The van der Waals surface area contributed by atoms with Crippen LogP contribution in [0.5, 0.6) is 0 Å². The summed E-state index contributed by atoms with van der Waals surface area (Å²) in [5.41, 5.74) is 4.07. The van der Waals surface area contributed by atoms with Crippen LogP contribution in [0.25, 0.3) is 0 Å². The summed E-state index contributed by atoms with van der Waals surface area (Å²) >= 11 is 0. The average molecular weight is 234 g/mol. The minimum Gasteiger partial charge on any atom is -0.461 e. The van der Waals surface area contributed by atoms with Crippen molar-refractivity contribution in [3.05, 3.63) is 29.8 Å². The lowest BCUT2D eigenvalue weighted by atomic mass is 10.2. The van der Waals surface area contributed by atoms with Crippen molar-refractivity contribution in [1.29, 1.82) is 0 Å². The van der Waals surface area contributed by atoms with Gasteiger partial charge in [-0.05, 0) is 25.5 Å². The lowest BCUT2D eigenvalue weighted by molar-refractivity contribution is -0.135. The molecule has 0 aliphatic rings. The van der Waals surface area contributed by atoms with E-state index in [1.807, 2.05) is 25.1 Å². The molecule has 0 spiro atoms. The Morgan fingerprint density at radius 2 is 2.18 bits per heavy atom. The molecule has 0 aromatic heterocycles. The van der Waals surface area contributed by atoms with E-state index in [0.29, 0.717) is 6.29 Å². The van der Waals surface area contributed by atoms with Gasteiger partial charge in [0, 0.05) is 0 Å². The second-order valence-electron chi connectivity index (χ2n) is 3.26. The Kier molecular flexibility index (Phi) is 4.87. The largest absolute Gasteiger partial charge is 0.461 e. The van der Waals surface area contributed by atoms with E-state index < -0.39 is 5.97 Å². The maximum Gasteiger partial charge on any atom is 0.362 e. The van der Waals surface area contributed by atoms with Crippen LogP contribution in [-0.2, 0) is 14.3 Å². The van der Waals surface area contributed by atoms with Crippen LogP contribution in [0, 0.1) is 6.92 Å². The van der Waals surface area contributed by atoms with Crippen LogP contribution in [0.2, 0.25) is 0 Å². The molecule has 1 N–H and O–H groups in total. The molecule has 0 saturated heterocycles. The Hall–Kier alpha value is -2.17. The van der Waals surface area contributed by atoms with Gasteiger partial charge in [-0.1, -0.05) is 18.2 Å². The zero-order chi connectivity index (χ0) is 12.7. The predicted octanol–water partition coefficient (Wildman–Crippen LogP) is 1.52. The highest BCUT2D eigenvalue weighted by Gasteiger charge is 2.11. The number of hydrazone groups is 1. The third kappa shape index (κ3) is 3.71. The molecule has 0 aliphatic carbocycles. The molecule has 1 aromatic carbocycles. The van der Waals surface area contributed by atoms with Gasteiger partial charge in [-0.25, -0.2) is 4.79 Å². The van der Waals surface area contributed by atoms with Gasteiger partial charge in [0.1, 0.15) is 0 Å². The van der Waals surface area contributed by atoms with E-state index in [4.69, 9.17) is 0 Å². The summed E-state index contributed by atoms with van der Waals surface area (Å²) in [4.78, 5) is 21.9. The summed E-state index contributed by atoms with van der Waals surface area (Å²) in [6.45, 7) is 3.76. The van der Waals surface area contributed by atoms with E-state index in [1.165, 1.54) is 0 Å². The van der Waals surface area contributed by atoms with E-state index >= 15 is 0 Å². The molecule has 1 rings (SSSR count). The van der Waals surface area contributed by atoms with Crippen LogP contribution >= 0.6 is 0 Å². The van der Waals surface area contributed by atoms with Gasteiger partial charge >= 0.3 is 5.97 Å². The molecule has 1 aromatic rings. The number of rotatable bonds is 5. The SMILES string of the molecule is CCOC(=O)C(C=O)=NNc1ccccc1C. The fourth-order valence-corrected chi connectivity index (χ4v) is 1.14. The van der Waals surface area contributed by atoms with E-state index in [2.05, 4.69) is 15.3 Å². The lowest BCUT2D eigenvalue weighted by Gasteiger charge is -2.05. The first-order valence-corrected chi connectivity index (χ1v) is 5.20. The van der Waals surface area contributed by atoms with Gasteiger partial charge in [0.15, 0.2) is 6.29 Å². The standard InChI is InChI=1S/C12H14N2O3/c1-3-17-12(16)11(8-15)14-13-10-7-5-4-6-9(10)2/h4-8,13H,3H2,1-2H3. The molecule has 17 heavy (non-hydrogen) atoms. The number of hydrogen-bond acceptors (Lipinski definition) is 5. The molecular formula is C12H14N2O3. The van der Waals surface area contributed by atoms with Gasteiger partial charge in [0.05, 0.1) is 12.3 Å². The predicted molar refractivity (Wildman–Crippen MR) is 64.9 cm³/mol. The van der Waals surface area contributed by atoms with Crippen molar-refractivity contribution in [3.8, 4) is 0 Å². The highest BCUT2D eigenvalue weighted by molar-refractivity contribution is 6.58. The fraction of sp³-hybridized carbons (Fsp3) is 0.250. The number of ether oxygens (including phenoxy) is 1. The Bertz CT molecular complexity index is 441. The third-order valence-corrected chi connectivity index (χ3v) is 2.04. The highest BCUT2D eigenvalue weighted by atomic mass is 16.5. The van der Waals surface area contributed by atoms with Gasteiger partial charge in [-0.3, -0.25) is 10.2 Å². The first-order valence-electron chi connectivity index (χ1n) is 5.20. The first kappa shape index (κ1) is 12.9.